The lowest BCUT2D eigenvalue weighted by atomic mass is 9.62. The van der Waals surface area contributed by atoms with Gasteiger partial charge in [0, 0.05) is 5.54 Å². The van der Waals surface area contributed by atoms with Crippen LogP contribution in [0.25, 0.3) is 0 Å². The summed E-state index contributed by atoms with van der Waals surface area (Å²) in [7, 11) is 0. The van der Waals surface area contributed by atoms with E-state index in [0.29, 0.717) is 30.3 Å². The van der Waals surface area contributed by atoms with Gasteiger partial charge in [0.05, 0.1) is 0 Å². The molecule has 4 unspecified atom stereocenters. The van der Waals surface area contributed by atoms with Crippen molar-refractivity contribution in [2.45, 2.75) is 65.5 Å². The Bertz CT molecular complexity index is 583. The van der Waals surface area contributed by atoms with E-state index in [2.05, 4.69) is 39.6 Å². The number of carbonyl (C=O) groups excluding carboxylic acids is 1. The van der Waals surface area contributed by atoms with E-state index in [9.17, 15) is 4.79 Å². The summed E-state index contributed by atoms with van der Waals surface area (Å²) in [6.07, 6.45) is 6.01. The Hall–Kier alpha value is -1.77. The van der Waals surface area contributed by atoms with Crippen molar-refractivity contribution in [2.24, 2.45) is 23.7 Å². The molecule has 3 heteroatoms. The average molecular weight is 358 g/mol. The van der Waals surface area contributed by atoms with Crippen molar-refractivity contribution >= 4 is 6.09 Å². The summed E-state index contributed by atoms with van der Waals surface area (Å²) >= 11 is 0. The highest BCUT2D eigenvalue weighted by Crippen LogP contribution is 2.44. The van der Waals surface area contributed by atoms with E-state index in [1.54, 1.807) is 0 Å². The molecule has 2 rings (SSSR count). The van der Waals surface area contributed by atoms with Crippen molar-refractivity contribution < 1.29 is 9.53 Å². The normalized spacial score (nSPS) is 25.3. The van der Waals surface area contributed by atoms with E-state index in [0.717, 1.165) is 18.4 Å². The van der Waals surface area contributed by atoms with Gasteiger partial charge in [0.25, 0.3) is 0 Å². The third kappa shape index (κ3) is 5.36. The smallest absolute Gasteiger partial charge is 0.407 e. The molecule has 0 radical (unpaired) electrons. The summed E-state index contributed by atoms with van der Waals surface area (Å²) in [5.41, 5.74) is 0.679. The van der Waals surface area contributed by atoms with Crippen molar-refractivity contribution in [3.05, 3.63) is 48.6 Å². The van der Waals surface area contributed by atoms with Gasteiger partial charge in [-0.3, -0.25) is 0 Å². The molecular formula is C23H35NO2. The molecule has 0 aliphatic heterocycles. The number of amides is 1. The first-order valence-electron chi connectivity index (χ1n) is 9.95. The number of carbonyl (C=O) groups is 1. The maximum Gasteiger partial charge on any atom is 0.407 e. The number of nitrogens with one attached hydrogen (secondary N) is 1. The van der Waals surface area contributed by atoms with Gasteiger partial charge < -0.3 is 10.1 Å². The molecule has 1 fully saturated rings. The van der Waals surface area contributed by atoms with Gasteiger partial charge in [-0.1, -0.05) is 63.6 Å². The van der Waals surface area contributed by atoms with Crippen LogP contribution in [0.3, 0.4) is 0 Å². The second-order valence-electron chi connectivity index (χ2n) is 8.53. The maximum atomic E-state index is 12.5. The van der Waals surface area contributed by atoms with Crippen LogP contribution in [-0.4, -0.2) is 11.6 Å². The van der Waals surface area contributed by atoms with E-state index in [1.165, 1.54) is 12.8 Å². The second-order valence-corrected chi connectivity index (χ2v) is 8.53. The van der Waals surface area contributed by atoms with Crippen LogP contribution < -0.4 is 5.32 Å². The molecule has 1 aliphatic rings. The van der Waals surface area contributed by atoms with Gasteiger partial charge in [-0.15, -0.1) is 6.58 Å². The van der Waals surface area contributed by atoms with E-state index >= 15 is 0 Å². The van der Waals surface area contributed by atoms with E-state index in [1.807, 2.05) is 36.4 Å². The predicted molar refractivity (Wildman–Crippen MR) is 108 cm³/mol. The van der Waals surface area contributed by atoms with Gasteiger partial charge in [-0.05, 0) is 55.4 Å². The number of benzene rings is 1. The zero-order valence-electron chi connectivity index (χ0n) is 16.8. The summed E-state index contributed by atoms with van der Waals surface area (Å²) in [4.78, 5) is 12.5. The van der Waals surface area contributed by atoms with Crippen LogP contribution in [0.1, 0.15) is 58.9 Å². The minimum absolute atomic E-state index is 0.297. The third-order valence-corrected chi connectivity index (χ3v) is 6.01. The molecule has 1 amide bonds. The van der Waals surface area contributed by atoms with Crippen LogP contribution in [0.2, 0.25) is 0 Å². The molecule has 0 spiro atoms. The van der Waals surface area contributed by atoms with Gasteiger partial charge in [0.2, 0.25) is 0 Å². The van der Waals surface area contributed by atoms with Crippen molar-refractivity contribution in [3.63, 3.8) is 0 Å². The zero-order valence-corrected chi connectivity index (χ0v) is 16.8. The molecule has 0 aromatic heterocycles. The van der Waals surface area contributed by atoms with Crippen LogP contribution >= 0.6 is 0 Å². The zero-order chi connectivity index (χ0) is 19.2. The lowest BCUT2D eigenvalue weighted by molar-refractivity contribution is 0.0529. The quantitative estimate of drug-likeness (QED) is 0.612. The molecule has 1 aromatic rings. The highest BCUT2D eigenvalue weighted by molar-refractivity contribution is 5.68. The Morgan fingerprint density at radius 3 is 2.65 bits per heavy atom. The number of alkyl carbamates (subject to hydrolysis) is 1. The fourth-order valence-electron chi connectivity index (χ4n) is 4.52. The van der Waals surface area contributed by atoms with Crippen molar-refractivity contribution in [3.8, 4) is 0 Å². The lowest BCUT2D eigenvalue weighted by Crippen LogP contribution is -2.55. The van der Waals surface area contributed by atoms with Crippen LogP contribution in [0.15, 0.2) is 43.0 Å². The number of ether oxygens (including phenoxy) is 1. The molecular weight excluding hydrogens is 322 g/mol. The summed E-state index contributed by atoms with van der Waals surface area (Å²) in [6.45, 7) is 13.3. The molecule has 3 nitrogen and oxygen atoms in total. The van der Waals surface area contributed by atoms with Gasteiger partial charge in [0.1, 0.15) is 6.61 Å². The SMILES string of the molecule is C=CCC(C)(NC(=O)OCc1ccccc1)C1CC(C)CCC1C(C)C. The van der Waals surface area contributed by atoms with Crippen LogP contribution in [0.5, 0.6) is 0 Å². The summed E-state index contributed by atoms with van der Waals surface area (Å²) in [5, 5.41) is 3.21. The first-order chi connectivity index (χ1) is 12.4. The largest absolute Gasteiger partial charge is 0.445 e. The first-order valence-corrected chi connectivity index (χ1v) is 9.95. The molecule has 1 aliphatic carbocycles. The van der Waals surface area contributed by atoms with Crippen molar-refractivity contribution in [1.82, 2.24) is 5.32 Å². The Labute approximate surface area is 159 Å². The van der Waals surface area contributed by atoms with Gasteiger partial charge in [0.15, 0.2) is 0 Å². The van der Waals surface area contributed by atoms with Gasteiger partial charge in [-0.2, -0.15) is 0 Å². The number of hydrogen-bond acceptors (Lipinski definition) is 2. The van der Waals surface area contributed by atoms with E-state index in [4.69, 9.17) is 4.74 Å². The molecule has 26 heavy (non-hydrogen) atoms. The Morgan fingerprint density at radius 1 is 1.35 bits per heavy atom. The van der Waals surface area contributed by atoms with Crippen molar-refractivity contribution in [2.75, 3.05) is 0 Å². The van der Waals surface area contributed by atoms with E-state index in [-0.39, 0.29) is 11.6 Å². The Balaban J connectivity index is 2.08. The van der Waals surface area contributed by atoms with Crippen LogP contribution in [-0.2, 0) is 11.3 Å². The van der Waals surface area contributed by atoms with Gasteiger partial charge in [-0.25, -0.2) is 4.79 Å². The minimum Gasteiger partial charge on any atom is -0.445 e. The molecule has 1 aromatic carbocycles. The Kier molecular flexibility index (Phi) is 7.31. The number of hydrogen-bond donors (Lipinski definition) is 1. The fourth-order valence-corrected chi connectivity index (χ4v) is 4.52. The first kappa shape index (κ1) is 20.5. The highest BCUT2D eigenvalue weighted by atomic mass is 16.5. The monoisotopic (exact) mass is 357 g/mol. The standard InChI is InChI=1S/C23H35NO2/c1-6-14-23(5,21-15-18(4)12-13-20(21)17(2)3)24-22(25)26-16-19-10-8-7-9-11-19/h6-11,17-18,20-21H,1,12-16H2,2-5H3,(H,24,25). The maximum absolute atomic E-state index is 12.5. The van der Waals surface area contributed by atoms with Crippen LogP contribution in [0, 0.1) is 23.7 Å². The molecule has 0 saturated heterocycles. The molecule has 1 saturated carbocycles. The summed E-state index contributed by atoms with van der Waals surface area (Å²) < 4.78 is 5.50. The predicted octanol–water partition coefficient (Wildman–Crippen LogP) is 5.96. The average Bonchev–Trinajstić information content (AvgIpc) is 2.60. The summed E-state index contributed by atoms with van der Waals surface area (Å²) in [5.74, 6) is 2.36. The topological polar surface area (TPSA) is 38.3 Å². The Morgan fingerprint density at radius 2 is 2.04 bits per heavy atom. The summed E-state index contributed by atoms with van der Waals surface area (Å²) in [6, 6.07) is 9.80. The molecule has 1 N–H and O–H groups in total. The molecule has 0 heterocycles. The fraction of sp³-hybridized carbons (Fsp3) is 0.609. The molecule has 144 valence electrons. The molecule has 0 bridgehead atoms. The number of rotatable bonds is 7. The highest BCUT2D eigenvalue weighted by Gasteiger charge is 2.43. The molecule has 4 atom stereocenters. The van der Waals surface area contributed by atoms with Crippen LogP contribution in [0.4, 0.5) is 4.79 Å². The third-order valence-electron chi connectivity index (χ3n) is 6.01. The van der Waals surface area contributed by atoms with E-state index < -0.39 is 0 Å². The minimum atomic E-state index is -0.334. The lowest BCUT2D eigenvalue weighted by Gasteiger charge is -2.47. The second kappa shape index (κ2) is 9.25. The van der Waals surface area contributed by atoms with Gasteiger partial charge >= 0.3 is 6.09 Å². The van der Waals surface area contributed by atoms with Crippen molar-refractivity contribution in [1.29, 1.82) is 0 Å².